The van der Waals surface area contributed by atoms with E-state index in [0.29, 0.717) is 18.8 Å². The molecule has 1 aliphatic carbocycles. The summed E-state index contributed by atoms with van der Waals surface area (Å²) in [5.41, 5.74) is 5.32. The molecule has 1 saturated carbocycles. The molecule has 0 aliphatic heterocycles. The summed E-state index contributed by atoms with van der Waals surface area (Å²) in [5.74, 6) is 0.728. The van der Waals surface area contributed by atoms with E-state index in [4.69, 9.17) is 5.73 Å². The molecule has 0 radical (unpaired) electrons. The van der Waals surface area contributed by atoms with Gasteiger partial charge in [0, 0.05) is 6.54 Å². The smallest absolute Gasteiger partial charge is 0.240 e. The maximum absolute atomic E-state index is 11.7. The zero-order chi connectivity index (χ0) is 10.6. The molecule has 14 heavy (non-hydrogen) atoms. The van der Waals surface area contributed by atoms with E-state index < -0.39 is 5.54 Å². The molecule has 0 heterocycles. The van der Waals surface area contributed by atoms with Crippen LogP contribution in [0, 0.1) is 5.92 Å². The molecule has 1 fully saturated rings. The van der Waals surface area contributed by atoms with Gasteiger partial charge in [-0.1, -0.05) is 20.3 Å². The van der Waals surface area contributed by atoms with Crippen molar-refractivity contribution in [1.29, 1.82) is 0 Å². The van der Waals surface area contributed by atoms with Gasteiger partial charge in [0.2, 0.25) is 5.91 Å². The van der Waals surface area contributed by atoms with Gasteiger partial charge in [0.15, 0.2) is 0 Å². The van der Waals surface area contributed by atoms with Crippen LogP contribution in [-0.2, 0) is 4.79 Å². The first-order valence-electron chi connectivity index (χ1n) is 5.69. The molecule has 0 bridgehead atoms. The van der Waals surface area contributed by atoms with Gasteiger partial charge in [-0.2, -0.15) is 0 Å². The molecule has 1 amide bonds. The first kappa shape index (κ1) is 11.5. The van der Waals surface area contributed by atoms with Gasteiger partial charge >= 0.3 is 0 Å². The molecule has 0 unspecified atom stereocenters. The third kappa shape index (κ3) is 2.47. The summed E-state index contributed by atoms with van der Waals surface area (Å²) in [4.78, 5) is 11.7. The molecule has 0 atom stereocenters. The lowest BCUT2D eigenvalue weighted by atomic mass is 9.85. The average Bonchev–Trinajstić information content (AvgIpc) is 2.14. The molecule has 3 N–H and O–H groups in total. The molecule has 1 aliphatic rings. The highest BCUT2D eigenvalue weighted by Crippen LogP contribution is 2.25. The van der Waals surface area contributed by atoms with Crippen LogP contribution in [0.25, 0.3) is 0 Å². The van der Waals surface area contributed by atoms with Gasteiger partial charge in [0.1, 0.15) is 0 Å². The van der Waals surface area contributed by atoms with Gasteiger partial charge in [-0.15, -0.1) is 0 Å². The number of rotatable bonds is 5. The Bertz CT molecular complexity index is 195. The van der Waals surface area contributed by atoms with Crippen LogP contribution in [0.5, 0.6) is 0 Å². The topological polar surface area (TPSA) is 55.1 Å². The van der Waals surface area contributed by atoms with E-state index in [2.05, 4.69) is 5.32 Å². The molecule has 0 aromatic rings. The molecule has 1 rings (SSSR count). The van der Waals surface area contributed by atoms with Gasteiger partial charge in [-0.05, 0) is 31.6 Å². The number of hydrogen-bond donors (Lipinski definition) is 2. The number of nitrogens with two attached hydrogens (primary N) is 1. The highest BCUT2D eigenvalue weighted by atomic mass is 16.2. The van der Waals surface area contributed by atoms with Crippen molar-refractivity contribution in [3.05, 3.63) is 0 Å². The van der Waals surface area contributed by atoms with Gasteiger partial charge in [0.25, 0.3) is 0 Å². The standard InChI is InChI=1S/C11H22N2O/c1-3-11(12,4-2)10(14)13-8-9-6-5-7-9/h9H,3-8,12H2,1-2H3,(H,13,14). The summed E-state index contributed by atoms with van der Waals surface area (Å²) in [6.45, 7) is 4.75. The fraction of sp³-hybridized carbons (Fsp3) is 0.909. The zero-order valence-corrected chi connectivity index (χ0v) is 9.31. The number of nitrogens with one attached hydrogen (secondary N) is 1. The van der Waals surface area contributed by atoms with Crippen LogP contribution in [0.1, 0.15) is 46.0 Å². The van der Waals surface area contributed by atoms with Crippen LogP contribution in [-0.4, -0.2) is 18.0 Å². The summed E-state index contributed by atoms with van der Waals surface area (Å²) in [5, 5.41) is 2.96. The lowest BCUT2D eigenvalue weighted by Gasteiger charge is -2.29. The van der Waals surface area contributed by atoms with Gasteiger partial charge in [0.05, 0.1) is 5.54 Å². The van der Waals surface area contributed by atoms with Gasteiger partial charge in [-0.3, -0.25) is 4.79 Å². The van der Waals surface area contributed by atoms with Crippen molar-refractivity contribution in [1.82, 2.24) is 5.32 Å². The first-order chi connectivity index (χ1) is 6.62. The van der Waals surface area contributed by atoms with Crippen LogP contribution in [0.2, 0.25) is 0 Å². The molecular weight excluding hydrogens is 176 g/mol. The van der Waals surface area contributed by atoms with Crippen LogP contribution in [0.3, 0.4) is 0 Å². The minimum Gasteiger partial charge on any atom is -0.354 e. The minimum atomic E-state index is -0.649. The number of carbonyl (C=O) groups is 1. The second-order valence-corrected chi connectivity index (χ2v) is 4.37. The third-order valence-electron chi connectivity index (χ3n) is 3.49. The van der Waals surface area contributed by atoms with Crippen LogP contribution in [0.15, 0.2) is 0 Å². The predicted molar refractivity (Wildman–Crippen MR) is 57.9 cm³/mol. The van der Waals surface area contributed by atoms with Crippen molar-refractivity contribution in [3.63, 3.8) is 0 Å². The van der Waals surface area contributed by atoms with Crippen molar-refractivity contribution in [3.8, 4) is 0 Å². The van der Waals surface area contributed by atoms with E-state index in [1.807, 2.05) is 13.8 Å². The summed E-state index contributed by atoms with van der Waals surface area (Å²) < 4.78 is 0. The van der Waals surface area contributed by atoms with E-state index in [0.717, 1.165) is 6.54 Å². The molecule has 0 saturated heterocycles. The number of amides is 1. The summed E-state index contributed by atoms with van der Waals surface area (Å²) in [6.07, 6.45) is 5.25. The Hall–Kier alpha value is -0.570. The van der Waals surface area contributed by atoms with Gasteiger partial charge in [-0.25, -0.2) is 0 Å². The largest absolute Gasteiger partial charge is 0.354 e. The highest BCUT2D eigenvalue weighted by molar-refractivity contribution is 5.85. The molecular formula is C11H22N2O. The monoisotopic (exact) mass is 198 g/mol. The Kier molecular flexibility index (Phi) is 3.93. The maximum Gasteiger partial charge on any atom is 0.240 e. The van der Waals surface area contributed by atoms with Crippen LogP contribution < -0.4 is 11.1 Å². The van der Waals surface area contributed by atoms with Crippen molar-refractivity contribution in [2.75, 3.05) is 6.54 Å². The summed E-state index contributed by atoms with van der Waals surface area (Å²) in [6, 6.07) is 0. The number of hydrogen-bond acceptors (Lipinski definition) is 2. The second kappa shape index (κ2) is 4.78. The highest BCUT2D eigenvalue weighted by Gasteiger charge is 2.30. The number of carbonyl (C=O) groups excluding carboxylic acids is 1. The molecule has 3 nitrogen and oxygen atoms in total. The Morgan fingerprint density at radius 1 is 1.43 bits per heavy atom. The Balaban J connectivity index is 2.31. The Morgan fingerprint density at radius 3 is 2.36 bits per heavy atom. The third-order valence-corrected chi connectivity index (χ3v) is 3.49. The molecule has 0 spiro atoms. The Labute approximate surface area is 86.4 Å². The molecule has 0 aromatic carbocycles. The van der Waals surface area contributed by atoms with Crippen molar-refractivity contribution in [2.24, 2.45) is 11.7 Å². The minimum absolute atomic E-state index is 0.0226. The summed E-state index contributed by atoms with van der Waals surface area (Å²) >= 11 is 0. The van der Waals surface area contributed by atoms with Crippen molar-refractivity contribution < 1.29 is 4.79 Å². The van der Waals surface area contributed by atoms with Crippen LogP contribution >= 0.6 is 0 Å². The zero-order valence-electron chi connectivity index (χ0n) is 9.31. The lowest BCUT2D eigenvalue weighted by molar-refractivity contribution is -0.126. The van der Waals surface area contributed by atoms with E-state index in [9.17, 15) is 4.79 Å². The second-order valence-electron chi connectivity index (χ2n) is 4.37. The van der Waals surface area contributed by atoms with Crippen molar-refractivity contribution >= 4 is 5.91 Å². The van der Waals surface area contributed by atoms with E-state index in [1.165, 1.54) is 19.3 Å². The van der Waals surface area contributed by atoms with Crippen molar-refractivity contribution in [2.45, 2.75) is 51.5 Å². The normalized spacial score (nSPS) is 17.6. The molecule has 82 valence electrons. The summed E-state index contributed by atoms with van der Waals surface area (Å²) in [7, 11) is 0. The lowest BCUT2D eigenvalue weighted by Crippen LogP contribution is -2.54. The molecule has 0 aromatic heterocycles. The van der Waals surface area contributed by atoms with E-state index in [1.54, 1.807) is 0 Å². The van der Waals surface area contributed by atoms with Crippen LogP contribution in [0.4, 0.5) is 0 Å². The Morgan fingerprint density at radius 2 is 2.00 bits per heavy atom. The fourth-order valence-corrected chi connectivity index (χ4v) is 1.68. The fourth-order valence-electron chi connectivity index (χ4n) is 1.68. The maximum atomic E-state index is 11.7. The quantitative estimate of drug-likeness (QED) is 0.702. The predicted octanol–water partition coefficient (Wildman–Crippen LogP) is 1.42. The average molecular weight is 198 g/mol. The van der Waals surface area contributed by atoms with Gasteiger partial charge < -0.3 is 11.1 Å². The van der Waals surface area contributed by atoms with E-state index in [-0.39, 0.29) is 5.91 Å². The SMILES string of the molecule is CCC(N)(CC)C(=O)NCC1CCC1. The first-order valence-corrected chi connectivity index (χ1v) is 5.69. The van der Waals surface area contributed by atoms with E-state index >= 15 is 0 Å². The molecule has 3 heteroatoms.